The van der Waals surface area contributed by atoms with Crippen molar-refractivity contribution in [1.29, 1.82) is 0 Å². The topological polar surface area (TPSA) is 0 Å². The van der Waals surface area contributed by atoms with Crippen molar-refractivity contribution < 1.29 is 8.78 Å². The van der Waals surface area contributed by atoms with Gasteiger partial charge in [-0.1, -0.05) is 29.3 Å². The zero-order valence-electron chi connectivity index (χ0n) is 8.60. The van der Waals surface area contributed by atoms with Crippen molar-refractivity contribution in [1.82, 2.24) is 0 Å². The Morgan fingerprint density at radius 1 is 1.00 bits per heavy atom. The van der Waals surface area contributed by atoms with Crippen LogP contribution in [0.5, 0.6) is 0 Å². The molecule has 0 heterocycles. The highest BCUT2D eigenvalue weighted by Crippen LogP contribution is 2.32. The lowest BCUT2D eigenvalue weighted by atomic mass is 10.0. The molecule has 0 fully saturated rings. The molecule has 0 N–H and O–H groups in total. The van der Waals surface area contributed by atoms with E-state index in [0.29, 0.717) is 10.6 Å². The van der Waals surface area contributed by atoms with Crippen molar-refractivity contribution in [3.63, 3.8) is 0 Å². The predicted octanol–water partition coefficient (Wildman–Crippen LogP) is 4.59. The van der Waals surface area contributed by atoms with Gasteiger partial charge in [0, 0.05) is 10.6 Å². The molecule has 3 heteroatoms. The first-order valence-electron chi connectivity index (χ1n) is 4.80. The van der Waals surface area contributed by atoms with Crippen molar-refractivity contribution in [2.75, 3.05) is 0 Å². The van der Waals surface area contributed by atoms with E-state index >= 15 is 0 Å². The van der Waals surface area contributed by atoms with Gasteiger partial charge in [0.15, 0.2) is 0 Å². The van der Waals surface area contributed by atoms with Crippen LogP contribution in [0, 0.1) is 18.6 Å². The molecular formula is C13H9ClF2. The monoisotopic (exact) mass is 238 g/mol. The minimum atomic E-state index is -0.604. The van der Waals surface area contributed by atoms with E-state index in [0.717, 1.165) is 5.56 Å². The largest absolute Gasteiger partial charge is 0.206 e. The molecule has 0 spiro atoms. The molecule has 0 saturated carbocycles. The minimum absolute atomic E-state index is 0.0730. The fourth-order valence-corrected chi connectivity index (χ4v) is 1.80. The smallest absolute Gasteiger partial charge is 0.134 e. The third-order valence-corrected chi connectivity index (χ3v) is 2.68. The molecular weight excluding hydrogens is 230 g/mol. The summed E-state index contributed by atoms with van der Waals surface area (Å²) in [5, 5.41) is 0.342. The third-order valence-electron chi connectivity index (χ3n) is 2.35. The maximum absolute atomic E-state index is 13.5. The van der Waals surface area contributed by atoms with Crippen molar-refractivity contribution in [3.05, 3.63) is 58.6 Å². The average molecular weight is 239 g/mol. The van der Waals surface area contributed by atoms with E-state index in [1.165, 1.54) is 18.2 Å². The Labute approximate surface area is 97.5 Å². The van der Waals surface area contributed by atoms with Gasteiger partial charge >= 0.3 is 0 Å². The Hall–Kier alpha value is -1.41. The summed E-state index contributed by atoms with van der Waals surface area (Å²) in [6.07, 6.45) is 0. The summed E-state index contributed by atoms with van der Waals surface area (Å²) >= 11 is 5.94. The minimum Gasteiger partial charge on any atom is -0.206 e. The van der Waals surface area contributed by atoms with Crippen LogP contribution in [0.3, 0.4) is 0 Å². The van der Waals surface area contributed by atoms with Gasteiger partial charge in [-0.2, -0.15) is 0 Å². The first kappa shape index (κ1) is 11.1. The highest BCUT2D eigenvalue weighted by molar-refractivity contribution is 6.33. The van der Waals surface area contributed by atoms with Crippen molar-refractivity contribution in [2.45, 2.75) is 6.92 Å². The molecule has 0 nitrogen and oxygen atoms in total. The Morgan fingerprint density at radius 3 is 2.25 bits per heavy atom. The summed E-state index contributed by atoms with van der Waals surface area (Å²) in [5.74, 6) is -1.21. The van der Waals surface area contributed by atoms with E-state index in [-0.39, 0.29) is 5.56 Å². The molecule has 16 heavy (non-hydrogen) atoms. The van der Waals surface area contributed by atoms with Crippen LogP contribution in [0.15, 0.2) is 36.4 Å². The van der Waals surface area contributed by atoms with E-state index in [9.17, 15) is 8.78 Å². The first-order valence-corrected chi connectivity index (χ1v) is 5.18. The Balaban J connectivity index is 2.72. The Bertz CT molecular complexity index is 515. The summed E-state index contributed by atoms with van der Waals surface area (Å²) in [4.78, 5) is 0. The Kier molecular flexibility index (Phi) is 2.92. The molecule has 82 valence electrons. The van der Waals surface area contributed by atoms with Gasteiger partial charge < -0.3 is 0 Å². The van der Waals surface area contributed by atoms with E-state index in [2.05, 4.69) is 0 Å². The van der Waals surface area contributed by atoms with Crippen molar-refractivity contribution >= 4 is 11.6 Å². The van der Waals surface area contributed by atoms with E-state index in [1.807, 2.05) is 6.92 Å². The molecule has 0 bridgehead atoms. The molecule has 0 radical (unpaired) electrons. The molecule has 0 saturated heterocycles. The van der Waals surface area contributed by atoms with Gasteiger partial charge in [0.25, 0.3) is 0 Å². The second-order valence-electron chi connectivity index (χ2n) is 3.58. The van der Waals surface area contributed by atoms with Gasteiger partial charge in [0.05, 0.1) is 5.56 Å². The molecule has 2 aromatic carbocycles. The van der Waals surface area contributed by atoms with Crippen LogP contribution in [0.1, 0.15) is 5.56 Å². The second kappa shape index (κ2) is 4.22. The fraction of sp³-hybridized carbons (Fsp3) is 0.0769. The van der Waals surface area contributed by atoms with Crippen molar-refractivity contribution in [2.24, 2.45) is 0 Å². The van der Waals surface area contributed by atoms with E-state index < -0.39 is 11.6 Å². The summed E-state index contributed by atoms with van der Waals surface area (Å²) in [6.45, 7) is 1.85. The number of benzene rings is 2. The lowest BCUT2D eigenvalue weighted by molar-refractivity contribution is 0.589. The average Bonchev–Trinajstić information content (AvgIpc) is 2.23. The third kappa shape index (κ3) is 1.93. The first-order chi connectivity index (χ1) is 7.59. The van der Waals surface area contributed by atoms with Crippen LogP contribution in [0.2, 0.25) is 5.02 Å². The van der Waals surface area contributed by atoms with Crippen LogP contribution < -0.4 is 0 Å². The van der Waals surface area contributed by atoms with Crippen LogP contribution >= 0.6 is 11.6 Å². The molecule has 0 aliphatic heterocycles. The molecule has 0 atom stereocenters. The van der Waals surface area contributed by atoms with Crippen LogP contribution in [0.25, 0.3) is 11.1 Å². The molecule has 0 amide bonds. The molecule has 2 aromatic rings. The van der Waals surface area contributed by atoms with E-state index in [1.54, 1.807) is 18.2 Å². The normalized spacial score (nSPS) is 10.5. The van der Waals surface area contributed by atoms with Crippen molar-refractivity contribution in [3.8, 4) is 11.1 Å². The number of hydrogen-bond donors (Lipinski definition) is 0. The number of hydrogen-bond acceptors (Lipinski definition) is 0. The van der Waals surface area contributed by atoms with Crippen LogP contribution in [-0.4, -0.2) is 0 Å². The predicted molar refractivity (Wildman–Crippen MR) is 61.5 cm³/mol. The summed E-state index contributed by atoms with van der Waals surface area (Å²) in [7, 11) is 0. The van der Waals surface area contributed by atoms with Gasteiger partial charge in [-0.25, -0.2) is 8.78 Å². The highest BCUT2D eigenvalue weighted by atomic mass is 35.5. The SMILES string of the molecule is Cc1ccc(Cl)c(-c2c(F)cccc2F)c1. The number of aryl methyl sites for hydroxylation is 1. The number of halogens is 3. The van der Waals surface area contributed by atoms with Gasteiger partial charge in [-0.15, -0.1) is 0 Å². The molecule has 2 rings (SSSR count). The van der Waals surface area contributed by atoms with Gasteiger partial charge in [-0.05, 0) is 31.2 Å². The Morgan fingerprint density at radius 2 is 1.62 bits per heavy atom. The van der Waals surface area contributed by atoms with Gasteiger partial charge in [0.2, 0.25) is 0 Å². The van der Waals surface area contributed by atoms with Gasteiger partial charge in [-0.3, -0.25) is 0 Å². The molecule has 0 aliphatic rings. The standard InChI is InChI=1S/C13H9ClF2/c1-8-5-6-10(14)9(7-8)13-11(15)3-2-4-12(13)16/h2-7H,1H3. The lowest BCUT2D eigenvalue weighted by Crippen LogP contribution is -1.91. The quantitative estimate of drug-likeness (QED) is 0.682. The van der Waals surface area contributed by atoms with Gasteiger partial charge in [0.1, 0.15) is 11.6 Å². The lowest BCUT2D eigenvalue weighted by Gasteiger charge is -2.08. The fourth-order valence-electron chi connectivity index (χ4n) is 1.59. The highest BCUT2D eigenvalue weighted by Gasteiger charge is 2.13. The zero-order valence-corrected chi connectivity index (χ0v) is 9.35. The zero-order chi connectivity index (χ0) is 11.7. The summed E-state index contributed by atoms with van der Waals surface area (Å²) in [5.41, 5.74) is 1.22. The summed E-state index contributed by atoms with van der Waals surface area (Å²) in [6, 6.07) is 8.87. The number of rotatable bonds is 1. The molecule has 0 aliphatic carbocycles. The second-order valence-corrected chi connectivity index (χ2v) is 3.99. The summed E-state index contributed by atoms with van der Waals surface area (Å²) < 4.78 is 27.1. The maximum Gasteiger partial charge on any atom is 0.134 e. The van der Waals surface area contributed by atoms with Crippen LogP contribution in [0.4, 0.5) is 8.78 Å². The van der Waals surface area contributed by atoms with E-state index in [4.69, 9.17) is 11.6 Å². The molecule has 0 aromatic heterocycles. The van der Waals surface area contributed by atoms with Crippen LogP contribution in [-0.2, 0) is 0 Å². The maximum atomic E-state index is 13.5. The molecule has 0 unspecified atom stereocenters.